The number of hydrogen-bond donors (Lipinski definition) is 1. The van der Waals surface area contributed by atoms with E-state index in [9.17, 15) is 8.78 Å². The van der Waals surface area contributed by atoms with Crippen LogP contribution in [0.2, 0.25) is 0 Å². The molecule has 0 aliphatic carbocycles. The summed E-state index contributed by atoms with van der Waals surface area (Å²) in [6.45, 7) is 2.37. The predicted molar refractivity (Wildman–Crippen MR) is 69.3 cm³/mol. The maximum absolute atomic E-state index is 13.9. The van der Waals surface area contributed by atoms with E-state index in [-0.39, 0.29) is 5.56 Å². The van der Waals surface area contributed by atoms with Crippen molar-refractivity contribution < 1.29 is 8.78 Å². The summed E-state index contributed by atoms with van der Waals surface area (Å²) in [5, 5.41) is 3.03. The van der Waals surface area contributed by atoms with Crippen molar-refractivity contribution >= 4 is 0 Å². The molecule has 0 atom stereocenters. The van der Waals surface area contributed by atoms with Gasteiger partial charge in [-0.15, -0.1) is 0 Å². The summed E-state index contributed by atoms with van der Waals surface area (Å²) >= 11 is 0. The average Bonchev–Trinajstić information content (AvgIpc) is 2.37. The van der Waals surface area contributed by atoms with E-state index in [1.54, 1.807) is 19.1 Å². The number of rotatable bonds is 3. The van der Waals surface area contributed by atoms with Gasteiger partial charge in [0.1, 0.15) is 11.6 Å². The normalized spacial score (nSPS) is 10.7. The van der Waals surface area contributed by atoms with Crippen molar-refractivity contribution in [2.24, 2.45) is 0 Å². The van der Waals surface area contributed by atoms with Crippen LogP contribution in [0.4, 0.5) is 8.78 Å². The third-order valence-electron chi connectivity index (χ3n) is 2.91. The van der Waals surface area contributed by atoms with E-state index < -0.39 is 11.6 Å². The summed E-state index contributed by atoms with van der Waals surface area (Å²) < 4.78 is 27.7. The first-order valence-corrected chi connectivity index (χ1v) is 5.82. The largest absolute Gasteiger partial charge is 0.316 e. The molecular weight excluding hydrogens is 232 g/mol. The predicted octanol–water partition coefficient (Wildman–Crippen LogP) is 3.66. The molecule has 0 spiro atoms. The van der Waals surface area contributed by atoms with Gasteiger partial charge in [0.2, 0.25) is 0 Å². The summed E-state index contributed by atoms with van der Waals surface area (Å²) in [7, 11) is 1.85. The van der Waals surface area contributed by atoms with Gasteiger partial charge < -0.3 is 5.32 Å². The van der Waals surface area contributed by atoms with E-state index in [4.69, 9.17) is 0 Å². The van der Waals surface area contributed by atoms with E-state index in [2.05, 4.69) is 5.32 Å². The van der Waals surface area contributed by atoms with E-state index >= 15 is 0 Å². The zero-order valence-corrected chi connectivity index (χ0v) is 10.4. The van der Waals surface area contributed by atoms with Gasteiger partial charge in [0.15, 0.2) is 0 Å². The number of nitrogens with one attached hydrogen (secondary N) is 1. The van der Waals surface area contributed by atoms with Gasteiger partial charge in [0, 0.05) is 6.54 Å². The zero-order chi connectivity index (χ0) is 13.1. The van der Waals surface area contributed by atoms with Gasteiger partial charge in [-0.3, -0.25) is 0 Å². The molecule has 0 aliphatic heterocycles. The van der Waals surface area contributed by atoms with Crippen molar-refractivity contribution in [3.63, 3.8) is 0 Å². The fourth-order valence-corrected chi connectivity index (χ4v) is 1.91. The molecule has 0 heterocycles. The van der Waals surface area contributed by atoms with Crippen molar-refractivity contribution in [2.75, 3.05) is 7.05 Å². The highest BCUT2D eigenvalue weighted by atomic mass is 19.1. The highest BCUT2D eigenvalue weighted by Gasteiger charge is 2.13. The lowest BCUT2D eigenvalue weighted by atomic mass is 10.0. The molecule has 2 aromatic rings. The Hall–Kier alpha value is -1.74. The first-order chi connectivity index (χ1) is 8.63. The Bertz CT molecular complexity index is 547. The molecule has 0 amide bonds. The fourth-order valence-electron chi connectivity index (χ4n) is 1.91. The Morgan fingerprint density at radius 2 is 1.67 bits per heavy atom. The molecule has 0 radical (unpaired) electrons. The molecule has 0 saturated heterocycles. The van der Waals surface area contributed by atoms with Gasteiger partial charge in [-0.2, -0.15) is 0 Å². The fraction of sp³-hybridized carbons (Fsp3) is 0.200. The van der Waals surface area contributed by atoms with Gasteiger partial charge in [-0.25, -0.2) is 8.78 Å². The van der Waals surface area contributed by atoms with Crippen molar-refractivity contribution in [1.82, 2.24) is 5.32 Å². The first-order valence-electron chi connectivity index (χ1n) is 5.82. The minimum absolute atomic E-state index is 0.0472. The molecule has 2 rings (SSSR count). The Kier molecular flexibility index (Phi) is 3.72. The summed E-state index contributed by atoms with van der Waals surface area (Å²) in [4.78, 5) is 0. The Morgan fingerprint density at radius 3 is 2.28 bits per heavy atom. The highest BCUT2D eigenvalue weighted by molar-refractivity contribution is 5.66. The lowest BCUT2D eigenvalue weighted by Gasteiger charge is -2.08. The van der Waals surface area contributed by atoms with E-state index in [1.165, 1.54) is 12.1 Å². The van der Waals surface area contributed by atoms with E-state index in [0.717, 1.165) is 12.1 Å². The number of hydrogen-bond acceptors (Lipinski definition) is 1. The second-order valence-corrected chi connectivity index (χ2v) is 4.28. The third kappa shape index (κ3) is 2.41. The van der Waals surface area contributed by atoms with Gasteiger partial charge >= 0.3 is 0 Å². The highest BCUT2D eigenvalue weighted by Crippen LogP contribution is 2.28. The topological polar surface area (TPSA) is 12.0 Å². The molecule has 0 aliphatic rings. The third-order valence-corrected chi connectivity index (χ3v) is 2.91. The molecule has 0 unspecified atom stereocenters. The molecular formula is C15H15F2N. The Labute approximate surface area is 105 Å². The maximum Gasteiger partial charge on any atom is 0.136 e. The number of aryl methyl sites for hydroxylation is 1. The van der Waals surface area contributed by atoms with Crippen LogP contribution >= 0.6 is 0 Å². The maximum atomic E-state index is 13.9. The monoisotopic (exact) mass is 247 g/mol. The second-order valence-electron chi connectivity index (χ2n) is 4.28. The smallest absolute Gasteiger partial charge is 0.136 e. The molecule has 1 nitrogen and oxygen atoms in total. The van der Waals surface area contributed by atoms with Gasteiger partial charge in [0.05, 0.1) is 5.56 Å². The van der Waals surface area contributed by atoms with Crippen LogP contribution in [0.1, 0.15) is 11.1 Å². The van der Waals surface area contributed by atoms with Crippen LogP contribution in [0.5, 0.6) is 0 Å². The second kappa shape index (κ2) is 5.27. The minimum Gasteiger partial charge on any atom is -0.316 e. The Balaban J connectivity index is 2.45. The van der Waals surface area contributed by atoms with Crippen LogP contribution in [-0.2, 0) is 6.54 Å². The summed E-state index contributed by atoms with van der Waals surface area (Å²) in [6, 6.07) is 9.97. The molecule has 1 N–H and O–H groups in total. The number of benzene rings is 2. The summed E-state index contributed by atoms with van der Waals surface area (Å²) in [6.07, 6.45) is 0. The molecule has 3 heteroatoms. The van der Waals surface area contributed by atoms with Gasteiger partial charge in [-0.05, 0) is 36.7 Å². The summed E-state index contributed by atoms with van der Waals surface area (Å²) in [5.74, 6) is -1.02. The quantitative estimate of drug-likeness (QED) is 0.872. The lowest BCUT2D eigenvalue weighted by molar-refractivity contribution is 0.584. The van der Waals surface area contributed by atoms with Gasteiger partial charge in [-0.1, -0.05) is 30.3 Å². The minimum atomic E-state index is -0.528. The summed E-state index contributed by atoms with van der Waals surface area (Å²) in [5.41, 5.74) is 2.14. The van der Waals surface area contributed by atoms with Crippen LogP contribution in [0.3, 0.4) is 0 Å². The first kappa shape index (κ1) is 12.7. The van der Waals surface area contributed by atoms with Crippen LogP contribution < -0.4 is 5.32 Å². The average molecular weight is 247 g/mol. The molecule has 0 fully saturated rings. The molecule has 2 aromatic carbocycles. The van der Waals surface area contributed by atoms with Crippen LogP contribution in [0.15, 0.2) is 36.4 Å². The van der Waals surface area contributed by atoms with Crippen LogP contribution in [-0.4, -0.2) is 7.05 Å². The van der Waals surface area contributed by atoms with Crippen molar-refractivity contribution in [3.05, 3.63) is 59.2 Å². The van der Waals surface area contributed by atoms with Gasteiger partial charge in [0.25, 0.3) is 0 Å². The SMILES string of the molecule is CNCc1ccc(-c2c(F)ccc(C)c2F)cc1. The molecule has 0 bridgehead atoms. The Morgan fingerprint density at radius 1 is 1.00 bits per heavy atom. The molecule has 0 saturated carbocycles. The lowest BCUT2D eigenvalue weighted by Crippen LogP contribution is -2.04. The number of halogens is 2. The molecule has 18 heavy (non-hydrogen) atoms. The van der Waals surface area contributed by atoms with Crippen molar-refractivity contribution in [2.45, 2.75) is 13.5 Å². The van der Waals surface area contributed by atoms with Crippen LogP contribution in [0, 0.1) is 18.6 Å². The van der Waals surface area contributed by atoms with Crippen LogP contribution in [0.25, 0.3) is 11.1 Å². The molecule has 0 aromatic heterocycles. The van der Waals surface area contributed by atoms with Crippen molar-refractivity contribution in [1.29, 1.82) is 0 Å². The van der Waals surface area contributed by atoms with E-state index in [0.29, 0.717) is 11.1 Å². The standard InChI is InChI=1S/C15H15F2N/c1-10-3-8-13(16)14(15(10)17)12-6-4-11(5-7-12)9-18-2/h3-8,18H,9H2,1-2H3. The van der Waals surface area contributed by atoms with Crippen molar-refractivity contribution in [3.8, 4) is 11.1 Å². The molecule has 94 valence electrons. The zero-order valence-electron chi connectivity index (χ0n) is 10.4. The van der Waals surface area contributed by atoms with E-state index in [1.807, 2.05) is 19.2 Å².